The summed E-state index contributed by atoms with van der Waals surface area (Å²) in [6.45, 7) is 1.92. The molecule has 9 heteroatoms. The van der Waals surface area contributed by atoms with Crippen molar-refractivity contribution >= 4 is 29.1 Å². The highest BCUT2D eigenvalue weighted by Crippen LogP contribution is 2.36. The SMILES string of the molecule is CCOC(=O)C1=C(c2ccccc2)N=c2s/c(=C\c3ccccc3OCc3ccccc3F)c(=O)n2[C@H]1c1cccc(OC)c1. The Hall–Kier alpha value is -5.28. The van der Waals surface area contributed by atoms with Crippen LogP contribution in [0.3, 0.4) is 0 Å². The zero-order valence-corrected chi connectivity index (χ0v) is 25.4. The maximum atomic E-state index is 14.3. The molecule has 0 spiro atoms. The molecular formula is C36H29FN2O5S. The fourth-order valence-corrected chi connectivity index (χ4v) is 6.20. The molecule has 1 aromatic heterocycles. The summed E-state index contributed by atoms with van der Waals surface area (Å²) in [5, 5.41) is 0. The fraction of sp³-hybridized carbons (Fsp3) is 0.139. The second-order valence-electron chi connectivity index (χ2n) is 10.1. The Kier molecular flexibility index (Phi) is 8.70. The minimum atomic E-state index is -0.833. The molecule has 0 amide bonds. The van der Waals surface area contributed by atoms with Gasteiger partial charge in [-0.05, 0) is 42.8 Å². The van der Waals surface area contributed by atoms with E-state index >= 15 is 0 Å². The number of ether oxygens (including phenoxy) is 3. The third-order valence-corrected chi connectivity index (χ3v) is 8.31. The summed E-state index contributed by atoms with van der Waals surface area (Å²) >= 11 is 1.21. The molecular weight excluding hydrogens is 591 g/mol. The van der Waals surface area contributed by atoms with Crippen molar-refractivity contribution in [2.75, 3.05) is 13.7 Å². The highest BCUT2D eigenvalue weighted by atomic mass is 32.1. The minimum absolute atomic E-state index is 0.0257. The van der Waals surface area contributed by atoms with E-state index in [9.17, 15) is 14.0 Å². The average Bonchev–Trinajstić information content (AvgIpc) is 3.38. The maximum Gasteiger partial charge on any atom is 0.338 e. The van der Waals surface area contributed by atoms with E-state index in [2.05, 4.69) is 0 Å². The lowest BCUT2D eigenvalue weighted by Crippen LogP contribution is -2.40. The highest BCUT2D eigenvalue weighted by Gasteiger charge is 2.35. The minimum Gasteiger partial charge on any atom is -0.497 e. The number of hydrogen-bond donors (Lipinski definition) is 0. The van der Waals surface area contributed by atoms with Crippen LogP contribution < -0.4 is 24.4 Å². The average molecular weight is 621 g/mol. The van der Waals surface area contributed by atoms with E-state index in [1.54, 1.807) is 56.5 Å². The Morgan fingerprint density at radius 1 is 0.978 bits per heavy atom. The van der Waals surface area contributed by atoms with Crippen LogP contribution in [0.25, 0.3) is 11.8 Å². The molecule has 2 heterocycles. The Bertz CT molecular complexity index is 2080. The number of carbonyl (C=O) groups is 1. The zero-order chi connectivity index (χ0) is 31.3. The predicted molar refractivity (Wildman–Crippen MR) is 171 cm³/mol. The van der Waals surface area contributed by atoms with Gasteiger partial charge >= 0.3 is 5.97 Å². The number of nitrogens with zero attached hydrogens (tertiary/aromatic N) is 2. The van der Waals surface area contributed by atoms with Crippen molar-refractivity contribution in [2.45, 2.75) is 19.6 Å². The molecule has 7 nitrogen and oxygen atoms in total. The van der Waals surface area contributed by atoms with Crippen LogP contribution in [-0.4, -0.2) is 24.3 Å². The number of halogens is 1. The summed E-state index contributed by atoms with van der Waals surface area (Å²) in [6, 6.07) is 29.5. The van der Waals surface area contributed by atoms with Crippen molar-refractivity contribution in [2.24, 2.45) is 4.99 Å². The van der Waals surface area contributed by atoms with E-state index in [4.69, 9.17) is 19.2 Å². The molecule has 0 radical (unpaired) electrons. The standard InChI is InChI=1S/C36H29FN2O5S/c1-3-43-35(41)31-32(23-12-5-4-6-13-23)38-36-39(33(31)25-16-11-17-27(20-25)42-2)34(40)30(45-36)21-24-14-8-10-19-29(24)44-22-26-15-7-9-18-28(26)37/h4-21,33H,3,22H2,1-2H3/b30-21-/t33-/m0/s1. The monoisotopic (exact) mass is 620 g/mol. The van der Waals surface area contributed by atoms with Gasteiger partial charge in [-0.2, -0.15) is 0 Å². The molecule has 0 bridgehead atoms. The zero-order valence-electron chi connectivity index (χ0n) is 24.6. The molecule has 4 aromatic carbocycles. The molecule has 6 rings (SSSR count). The first-order valence-electron chi connectivity index (χ1n) is 14.4. The second kappa shape index (κ2) is 13.2. The van der Waals surface area contributed by atoms with Gasteiger partial charge in [0.15, 0.2) is 4.80 Å². The Morgan fingerprint density at radius 2 is 1.73 bits per heavy atom. The third kappa shape index (κ3) is 6.07. The van der Waals surface area contributed by atoms with Gasteiger partial charge in [0.05, 0.1) is 35.6 Å². The van der Waals surface area contributed by atoms with Gasteiger partial charge in [0, 0.05) is 16.7 Å². The number of aromatic nitrogens is 1. The Balaban J connectivity index is 1.54. The van der Waals surface area contributed by atoms with Crippen LogP contribution in [0.5, 0.6) is 11.5 Å². The molecule has 5 aromatic rings. The quantitative estimate of drug-likeness (QED) is 0.199. The maximum absolute atomic E-state index is 14.3. The number of rotatable bonds is 9. The fourth-order valence-electron chi connectivity index (χ4n) is 5.21. The smallest absolute Gasteiger partial charge is 0.338 e. The summed E-state index contributed by atoms with van der Waals surface area (Å²) in [7, 11) is 1.56. The summed E-state index contributed by atoms with van der Waals surface area (Å²) in [4.78, 5) is 33.2. The summed E-state index contributed by atoms with van der Waals surface area (Å²) in [6.07, 6.45) is 1.74. The lowest BCUT2D eigenvalue weighted by atomic mass is 9.93. The van der Waals surface area contributed by atoms with Crippen LogP contribution >= 0.6 is 11.3 Å². The number of carbonyl (C=O) groups excluding carboxylic acids is 1. The van der Waals surface area contributed by atoms with E-state index in [1.165, 1.54) is 22.0 Å². The molecule has 1 aliphatic heterocycles. The summed E-state index contributed by atoms with van der Waals surface area (Å²) in [5.41, 5.74) is 2.81. The molecule has 1 aliphatic rings. The van der Waals surface area contributed by atoms with E-state index in [0.717, 1.165) is 5.56 Å². The van der Waals surface area contributed by atoms with Crippen LogP contribution in [0.15, 0.2) is 118 Å². The molecule has 0 saturated carbocycles. The first kappa shape index (κ1) is 29.8. The summed E-state index contributed by atoms with van der Waals surface area (Å²) in [5.74, 6) is 0.159. The van der Waals surface area contributed by atoms with Crippen molar-refractivity contribution in [3.8, 4) is 11.5 Å². The first-order valence-corrected chi connectivity index (χ1v) is 15.2. The van der Waals surface area contributed by atoms with E-state index < -0.39 is 12.0 Å². The number of para-hydroxylation sites is 1. The van der Waals surface area contributed by atoms with Gasteiger partial charge in [-0.15, -0.1) is 0 Å². The van der Waals surface area contributed by atoms with Crippen molar-refractivity contribution in [3.05, 3.63) is 156 Å². The third-order valence-electron chi connectivity index (χ3n) is 7.33. The summed E-state index contributed by atoms with van der Waals surface area (Å²) < 4.78 is 33.2. The van der Waals surface area contributed by atoms with Gasteiger partial charge in [0.1, 0.15) is 23.9 Å². The largest absolute Gasteiger partial charge is 0.497 e. The topological polar surface area (TPSA) is 79.1 Å². The van der Waals surface area contributed by atoms with Gasteiger partial charge in [0.25, 0.3) is 5.56 Å². The number of hydrogen-bond acceptors (Lipinski definition) is 7. The second-order valence-corrected chi connectivity index (χ2v) is 11.1. The van der Waals surface area contributed by atoms with Crippen LogP contribution in [0, 0.1) is 5.82 Å². The van der Waals surface area contributed by atoms with Crippen molar-refractivity contribution in [1.82, 2.24) is 4.57 Å². The van der Waals surface area contributed by atoms with Crippen LogP contribution in [0.1, 0.15) is 35.2 Å². The molecule has 1 atom stereocenters. The molecule has 0 unspecified atom stereocenters. The molecule has 0 saturated heterocycles. The van der Waals surface area contributed by atoms with Crippen LogP contribution in [0.2, 0.25) is 0 Å². The Labute approximate surface area is 262 Å². The lowest BCUT2D eigenvalue weighted by Gasteiger charge is -2.26. The first-order chi connectivity index (χ1) is 22.0. The number of methoxy groups -OCH3 is 1. The highest BCUT2D eigenvalue weighted by molar-refractivity contribution is 7.07. The van der Waals surface area contributed by atoms with Gasteiger partial charge < -0.3 is 14.2 Å². The van der Waals surface area contributed by atoms with Crippen molar-refractivity contribution < 1.29 is 23.4 Å². The molecule has 45 heavy (non-hydrogen) atoms. The van der Waals surface area contributed by atoms with Gasteiger partial charge in [-0.1, -0.05) is 90.2 Å². The van der Waals surface area contributed by atoms with Crippen molar-refractivity contribution in [3.63, 3.8) is 0 Å². The van der Waals surface area contributed by atoms with Gasteiger partial charge in [-0.3, -0.25) is 9.36 Å². The van der Waals surface area contributed by atoms with Gasteiger partial charge in [-0.25, -0.2) is 14.2 Å². The van der Waals surface area contributed by atoms with E-state index in [0.29, 0.717) is 43.2 Å². The van der Waals surface area contributed by atoms with Crippen LogP contribution in [-0.2, 0) is 16.1 Å². The predicted octanol–water partition coefficient (Wildman–Crippen LogP) is 5.66. The number of thiazole rings is 1. The number of benzene rings is 4. The lowest BCUT2D eigenvalue weighted by molar-refractivity contribution is -0.138. The van der Waals surface area contributed by atoms with Crippen LogP contribution in [0.4, 0.5) is 4.39 Å². The number of fused-ring (bicyclic) bond motifs is 1. The Morgan fingerprint density at radius 3 is 2.51 bits per heavy atom. The van der Waals surface area contributed by atoms with Gasteiger partial charge in [0.2, 0.25) is 0 Å². The molecule has 0 fully saturated rings. The molecule has 226 valence electrons. The molecule has 0 N–H and O–H groups in total. The van der Waals surface area contributed by atoms with Crippen molar-refractivity contribution in [1.29, 1.82) is 0 Å². The molecule has 0 aliphatic carbocycles. The van der Waals surface area contributed by atoms with E-state index in [1.807, 2.05) is 60.7 Å². The van der Waals surface area contributed by atoms with E-state index in [-0.39, 0.29) is 30.2 Å². The normalized spacial score (nSPS) is 14.5. The number of esters is 1.